The number of benzene rings is 1. The van der Waals surface area contributed by atoms with E-state index in [1.54, 1.807) is 6.07 Å². The Morgan fingerprint density at radius 1 is 1.38 bits per heavy atom. The van der Waals surface area contributed by atoms with E-state index in [0.29, 0.717) is 23.9 Å². The number of ether oxygens (including phenoxy) is 1. The van der Waals surface area contributed by atoms with E-state index >= 15 is 0 Å². The fourth-order valence-electron chi connectivity index (χ4n) is 2.27. The molecule has 1 aliphatic heterocycles. The normalized spacial score (nSPS) is 18.7. The van der Waals surface area contributed by atoms with Crippen molar-refractivity contribution in [3.8, 4) is 11.3 Å². The fraction of sp³-hybridized carbons (Fsp3) is 0.286. The summed E-state index contributed by atoms with van der Waals surface area (Å²) in [6, 6.07) is 5.62. The third kappa shape index (κ3) is 3.12. The lowest BCUT2D eigenvalue weighted by atomic mass is 10.0. The largest absolute Gasteiger partial charge is 0.380 e. The van der Waals surface area contributed by atoms with Crippen LogP contribution in [0.1, 0.15) is 11.6 Å². The van der Waals surface area contributed by atoms with Gasteiger partial charge in [0.25, 0.3) is 5.95 Å². The van der Waals surface area contributed by atoms with Crippen LogP contribution < -0.4 is 11.1 Å². The maximum atomic E-state index is 13.1. The summed E-state index contributed by atoms with van der Waals surface area (Å²) in [6.07, 6.45) is 1.34. The molecular weight excluding hydrogens is 295 g/mol. The summed E-state index contributed by atoms with van der Waals surface area (Å²) in [5.41, 5.74) is 7.67. The molecule has 1 atom stereocenters. The lowest BCUT2D eigenvalue weighted by Crippen LogP contribution is -2.34. The van der Waals surface area contributed by atoms with Crippen LogP contribution in [0.5, 0.6) is 0 Å². The Morgan fingerprint density at radius 2 is 2.24 bits per heavy atom. The van der Waals surface area contributed by atoms with Crippen molar-refractivity contribution < 1.29 is 9.13 Å². The van der Waals surface area contributed by atoms with Gasteiger partial charge in [-0.1, -0.05) is 11.6 Å². The van der Waals surface area contributed by atoms with E-state index in [1.165, 1.54) is 6.20 Å². The molecule has 7 heteroatoms. The predicted octanol–water partition coefficient (Wildman–Crippen LogP) is 2.18. The second-order valence-electron chi connectivity index (χ2n) is 4.79. The molecule has 0 aliphatic carbocycles. The smallest absolute Gasteiger partial charge is 0.255 e. The Balaban J connectivity index is 1.98. The molecule has 0 amide bonds. The first-order valence-electron chi connectivity index (χ1n) is 6.53. The van der Waals surface area contributed by atoms with Crippen molar-refractivity contribution >= 4 is 17.4 Å². The molecule has 110 valence electrons. The van der Waals surface area contributed by atoms with Crippen molar-refractivity contribution in [2.75, 3.05) is 25.5 Å². The highest BCUT2D eigenvalue weighted by molar-refractivity contribution is 6.31. The number of halogens is 2. The molecular formula is C14H14ClFN4O. The molecule has 0 saturated carbocycles. The number of nitrogens with one attached hydrogen (secondary N) is 1. The van der Waals surface area contributed by atoms with Crippen LogP contribution in [-0.4, -0.2) is 29.7 Å². The maximum Gasteiger partial charge on any atom is 0.255 e. The van der Waals surface area contributed by atoms with Crippen LogP contribution in [0.15, 0.2) is 24.4 Å². The summed E-state index contributed by atoms with van der Waals surface area (Å²) in [5.74, 6) is -1.00. The summed E-state index contributed by atoms with van der Waals surface area (Å²) in [7, 11) is 0. The van der Waals surface area contributed by atoms with Gasteiger partial charge in [0.15, 0.2) is 5.82 Å². The fourth-order valence-corrected chi connectivity index (χ4v) is 2.51. The molecule has 1 aromatic carbocycles. The van der Waals surface area contributed by atoms with Crippen molar-refractivity contribution in [3.05, 3.63) is 40.9 Å². The van der Waals surface area contributed by atoms with E-state index in [2.05, 4.69) is 15.3 Å². The van der Waals surface area contributed by atoms with Crippen molar-refractivity contribution in [3.63, 3.8) is 0 Å². The van der Waals surface area contributed by atoms with Gasteiger partial charge >= 0.3 is 0 Å². The zero-order chi connectivity index (χ0) is 14.8. The van der Waals surface area contributed by atoms with Gasteiger partial charge in [0.2, 0.25) is 0 Å². The summed E-state index contributed by atoms with van der Waals surface area (Å²) < 4.78 is 18.6. The van der Waals surface area contributed by atoms with E-state index < -0.39 is 5.95 Å². The van der Waals surface area contributed by atoms with Gasteiger partial charge in [0, 0.05) is 17.1 Å². The van der Waals surface area contributed by atoms with Gasteiger partial charge in [0.05, 0.1) is 31.1 Å². The van der Waals surface area contributed by atoms with Gasteiger partial charge < -0.3 is 15.8 Å². The Morgan fingerprint density at radius 3 is 2.95 bits per heavy atom. The zero-order valence-electron chi connectivity index (χ0n) is 11.1. The van der Waals surface area contributed by atoms with E-state index in [4.69, 9.17) is 22.1 Å². The molecule has 0 bridgehead atoms. The standard InChI is InChI=1S/C14H14ClFN4O/c15-10-4-8(11-6-19-13(16)14(17)20-11)3-9(5-10)12-7-21-2-1-18-12/h3-6,12,18H,1-2,7H2,(H2,17,20). The van der Waals surface area contributed by atoms with Crippen molar-refractivity contribution in [1.82, 2.24) is 15.3 Å². The molecule has 21 heavy (non-hydrogen) atoms. The number of hydrogen-bond acceptors (Lipinski definition) is 5. The van der Waals surface area contributed by atoms with Crippen LogP contribution in [0, 0.1) is 5.95 Å². The summed E-state index contributed by atoms with van der Waals surface area (Å²) >= 11 is 6.17. The average molecular weight is 309 g/mol. The minimum absolute atomic E-state index is 0.0713. The van der Waals surface area contributed by atoms with Crippen LogP contribution in [0.25, 0.3) is 11.3 Å². The van der Waals surface area contributed by atoms with Gasteiger partial charge in [-0.15, -0.1) is 0 Å². The highest BCUT2D eigenvalue weighted by Gasteiger charge is 2.17. The Labute approximate surface area is 126 Å². The van der Waals surface area contributed by atoms with Crippen LogP contribution >= 0.6 is 11.6 Å². The molecule has 2 aromatic rings. The van der Waals surface area contributed by atoms with Crippen LogP contribution in [0.2, 0.25) is 5.02 Å². The molecule has 3 rings (SSSR count). The molecule has 1 fully saturated rings. The SMILES string of the molecule is Nc1nc(-c2cc(Cl)cc(C3COCCN3)c2)cnc1F. The molecule has 1 unspecified atom stereocenters. The number of rotatable bonds is 2. The van der Waals surface area contributed by atoms with Gasteiger partial charge in [-0.2, -0.15) is 4.39 Å². The monoisotopic (exact) mass is 308 g/mol. The van der Waals surface area contributed by atoms with E-state index in [-0.39, 0.29) is 11.9 Å². The molecule has 0 radical (unpaired) electrons. The van der Waals surface area contributed by atoms with Gasteiger partial charge in [0.1, 0.15) is 0 Å². The molecule has 0 spiro atoms. The topological polar surface area (TPSA) is 73.1 Å². The lowest BCUT2D eigenvalue weighted by Gasteiger charge is -2.24. The van der Waals surface area contributed by atoms with Crippen LogP contribution in [0.4, 0.5) is 10.2 Å². The second-order valence-corrected chi connectivity index (χ2v) is 5.22. The third-order valence-corrected chi connectivity index (χ3v) is 3.51. The Hall–Kier alpha value is -1.76. The van der Waals surface area contributed by atoms with Gasteiger partial charge in [-0.05, 0) is 23.8 Å². The number of morpholine rings is 1. The molecule has 1 saturated heterocycles. The Kier molecular flexibility index (Phi) is 4.01. The number of nitrogen functional groups attached to an aromatic ring is 1. The first kappa shape index (κ1) is 14.2. The van der Waals surface area contributed by atoms with Crippen LogP contribution in [-0.2, 0) is 4.74 Å². The highest BCUT2D eigenvalue weighted by atomic mass is 35.5. The predicted molar refractivity (Wildman–Crippen MR) is 78.4 cm³/mol. The highest BCUT2D eigenvalue weighted by Crippen LogP contribution is 2.27. The number of hydrogen-bond donors (Lipinski definition) is 2. The van der Waals surface area contributed by atoms with E-state index in [0.717, 1.165) is 17.7 Å². The van der Waals surface area contributed by atoms with Crippen molar-refractivity contribution in [2.24, 2.45) is 0 Å². The van der Waals surface area contributed by atoms with Crippen molar-refractivity contribution in [2.45, 2.75) is 6.04 Å². The van der Waals surface area contributed by atoms with Crippen LogP contribution in [0.3, 0.4) is 0 Å². The summed E-state index contributed by atoms with van der Waals surface area (Å²) in [5, 5.41) is 3.93. The number of anilines is 1. The molecule has 1 aromatic heterocycles. The first-order valence-corrected chi connectivity index (χ1v) is 6.91. The number of aromatic nitrogens is 2. The quantitative estimate of drug-likeness (QED) is 0.889. The number of nitrogens with two attached hydrogens (primary N) is 1. The zero-order valence-corrected chi connectivity index (χ0v) is 11.9. The van der Waals surface area contributed by atoms with Crippen molar-refractivity contribution in [1.29, 1.82) is 0 Å². The minimum Gasteiger partial charge on any atom is -0.380 e. The third-order valence-electron chi connectivity index (χ3n) is 3.29. The summed E-state index contributed by atoms with van der Waals surface area (Å²) in [4.78, 5) is 7.59. The molecule has 3 N–H and O–H groups in total. The minimum atomic E-state index is -0.775. The number of nitrogens with zero attached hydrogens (tertiary/aromatic N) is 2. The summed E-state index contributed by atoms with van der Waals surface area (Å²) in [6.45, 7) is 2.07. The van der Waals surface area contributed by atoms with Gasteiger partial charge in [-0.3, -0.25) is 0 Å². The maximum absolute atomic E-state index is 13.1. The average Bonchev–Trinajstić information content (AvgIpc) is 2.50. The second kappa shape index (κ2) is 5.93. The Bertz CT molecular complexity index is 661. The first-order chi connectivity index (χ1) is 10.1. The molecule has 2 heterocycles. The molecule has 5 nitrogen and oxygen atoms in total. The van der Waals surface area contributed by atoms with Gasteiger partial charge in [-0.25, -0.2) is 9.97 Å². The lowest BCUT2D eigenvalue weighted by molar-refractivity contribution is 0.0769. The molecule has 1 aliphatic rings. The van der Waals surface area contributed by atoms with E-state index in [1.807, 2.05) is 12.1 Å². The van der Waals surface area contributed by atoms with E-state index in [9.17, 15) is 4.39 Å².